The van der Waals surface area contributed by atoms with Gasteiger partial charge < -0.3 is 14.8 Å². The van der Waals surface area contributed by atoms with E-state index in [9.17, 15) is 4.39 Å². The Kier molecular flexibility index (Phi) is 5.51. The van der Waals surface area contributed by atoms with E-state index in [2.05, 4.69) is 10.3 Å². The molecule has 1 aromatic heterocycles. The van der Waals surface area contributed by atoms with Crippen molar-refractivity contribution in [2.45, 2.75) is 13.0 Å². The van der Waals surface area contributed by atoms with Gasteiger partial charge in [-0.15, -0.1) is 0 Å². The molecule has 0 saturated carbocycles. The quantitative estimate of drug-likeness (QED) is 0.794. The Hall–Kier alpha value is -2.14. The zero-order chi connectivity index (χ0) is 15.1. The van der Waals surface area contributed by atoms with Gasteiger partial charge in [-0.1, -0.05) is 6.07 Å². The summed E-state index contributed by atoms with van der Waals surface area (Å²) < 4.78 is 23.7. The summed E-state index contributed by atoms with van der Waals surface area (Å²) in [4.78, 5) is 3.86. The van der Waals surface area contributed by atoms with Crippen LogP contribution in [0.25, 0.3) is 0 Å². The van der Waals surface area contributed by atoms with E-state index < -0.39 is 0 Å². The number of anilines is 1. The maximum Gasteiger partial charge on any atom is 0.141 e. The highest BCUT2D eigenvalue weighted by Crippen LogP contribution is 2.22. The first-order valence-electron chi connectivity index (χ1n) is 6.78. The van der Waals surface area contributed by atoms with Crippen molar-refractivity contribution >= 4 is 5.69 Å². The fourth-order valence-corrected chi connectivity index (χ4v) is 1.92. The highest BCUT2D eigenvalue weighted by atomic mass is 19.1. The zero-order valence-electron chi connectivity index (χ0n) is 12.2. The van der Waals surface area contributed by atoms with Crippen LogP contribution in [0.1, 0.15) is 18.5 Å². The Morgan fingerprint density at radius 1 is 1.24 bits per heavy atom. The van der Waals surface area contributed by atoms with E-state index in [1.807, 2.05) is 31.2 Å². The summed E-state index contributed by atoms with van der Waals surface area (Å²) in [6.07, 6.45) is 2.85. The molecule has 0 aliphatic heterocycles. The number of halogens is 1. The molecule has 2 rings (SSSR count). The van der Waals surface area contributed by atoms with Gasteiger partial charge in [0.05, 0.1) is 18.8 Å². The third kappa shape index (κ3) is 4.72. The fourth-order valence-electron chi connectivity index (χ4n) is 1.92. The number of nitrogens with zero attached hydrogens (tertiary/aromatic N) is 1. The van der Waals surface area contributed by atoms with Gasteiger partial charge in [0.25, 0.3) is 0 Å². The van der Waals surface area contributed by atoms with Crippen LogP contribution in [0.3, 0.4) is 0 Å². The Morgan fingerprint density at radius 3 is 2.86 bits per heavy atom. The predicted octanol–water partition coefficient (Wildman–Crippen LogP) is 3.42. The van der Waals surface area contributed by atoms with Crippen LogP contribution in [0.15, 0.2) is 42.7 Å². The number of pyridine rings is 1. The van der Waals surface area contributed by atoms with Crippen LogP contribution < -0.4 is 10.1 Å². The average Bonchev–Trinajstić information content (AvgIpc) is 2.48. The van der Waals surface area contributed by atoms with Gasteiger partial charge in [-0.3, -0.25) is 4.98 Å². The smallest absolute Gasteiger partial charge is 0.141 e. The van der Waals surface area contributed by atoms with Crippen molar-refractivity contribution in [2.75, 3.05) is 25.6 Å². The second kappa shape index (κ2) is 7.59. The molecule has 0 saturated heterocycles. The lowest BCUT2D eigenvalue weighted by Crippen LogP contribution is -2.08. The van der Waals surface area contributed by atoms with Crippen LogP contribution in [0.4, 0.5) is 10.1 Å². The Labute approximate surface area is 123 Å². The summed E-state index contributed by atoms with van der Waals surface area (Å²) in [5.74, 6) is 0.430. The summed E-state index contributed by atoms with van der Waals surface area (Å²) in [7, 11) is 1.63. The van der Waals surface area contributed by atoms with Gasteiger partial charge in [0.1, 0.15) is 18.2 Å². The van der Waals surface area contributed by atoms with Crippen molar-refractivity contribution in [2.24, 2.45) is 0 Å². The molecule has 1 atom stereocenters. The second-order valence-corrected chi connectivity index (χ2v) is 4.67. The van der Waals surface area contributed by atoms with Crippen LogP contribution in [0.2, 0.25) is 0 Å². The molecule has 0 radical (unpaired) electrons. The highest BCUT2D eigenvalue weighted by molar-refractivity contribution is 5.49. The molecule has 0 bridgehead atoms. The van der Waals surface area contributed by atoms with Crippen LogP contribution in [-0.2, 0) is 4.74 Å². The zero-order valence-corrected chi connectivity index (χ0v) is 12.2. The van der Waals surface area contributed by atoms with E-state index >= 15 is 0 Å². The molecule has 0 spiro atoms. The van der Waals surface area contributed by atoms with Crippen molar-refractivity contribution < 1.29 is 13.9 Å². The molecule has 1 heterocycles. The van der Waals surface area contributed by atoms with Gasteiger partial charge in [-0.05, 0) is 30.7 Å². The highest BCUT2D eigenvalue weighted by Gasteiger charge is 2.07. The largest absolute Gasteiger partial charge is 0.491 e. The van der Waals surface area contributed by atoms with Crippen molar-refractivity contribution in [3.8, 4) is 5.75 Å². The van der Waals surface area contributed by atoms with Crippen LogP contribution in [0, 0.1) is 5.82 Å². The van der Waals surface area contributed by atoms with E-state index in [0.717, 1.165) is 17.0 Å². The van der Waals surface area contributed by atoms with Crippen molar-refractivity contribution in [1.29, 1.82) is 0 Å². The average molecular weight is 290 g/mol. The number of methoxy groups -OCH3 is 1. The number of hydrogen-bond donors (Lipinski definition) is 1. The lowest BCUT2D eigenvalue weighted by Gasteiger charge is -2.16. The Bertz CT molecular complexity index is 578. The lowest BCUT2D eigenvalue weighted by molar-refractivity contribution is 0.146. The van der Waals surface area contributed by atoms with Gasteiger partial charge in [0.2, 0.25) is 0 Å². The lowest BCUT2D eigenvalue weighted by atomic mass is 10.1. The number of ether oxygens (including phenoxy) is 2. The van der Waals surface area contributed by atoms with E-state index in [1.54, 1.807) is 13.3 Å². The Morgan fingerprint density at radius 2 is 2.10 bits per heavy atom. The number of benzene rings is 1. The molecule has 0 aliphatic rings. The summed E-state index contributed by atoms with van der Waals surface area (Å²) in [6.45, 7) is 3.00. The van der Waals surface area contributed by atoms with Crippen molar-refractivity contribution in [1.82, 2.24) is 4.98 Å². The minimum absolute atomic E-state index is 0.0533. The van der Waals surface area contributed by atoms with E-state index in [1.165, 1.54) is 12.3 Å². The summed E-state index contributed by atoms with van der Waals surface area (Å²) in [5.41, 5.74) is 1.70. The molecular weight excluding hydrogens is 271 g/mol. The van der Waals surface area contributed by atoms with Crippen molar-refractivity contribution in [3.05, 3.63) is 54.1 Å². The van der Waals surface area contributed by atoms with Crippen LogP contribution in [0.5, 0.6) is 5.75 Å². The first-order chi connectivity index (χ1) is 10.2. The molecular formula is C16H19FN2O2. The molecule has 5 heteroatoms. The van der Waals surface area contributed by atoms with Gasteiger partial charge in [0, 0.05) is 25.1 Å². The van der Waals surface area contributed by atoms with Crippen LogP contribution >= 0.6 is 0 Å². The van der Waals surface area contributed by atoms with Gasteiger partial charge in [-0.25, -0.2) is 4.39 Å². The summed E-state index contributed by atoms with van der Waals surface area (Å²) >= 11 is 0. The normalized spacial score (nSPS) is 12.0. The SMILES string of the molecule is COCCOc1cccc(NC(C)c2cncc(F)c2)c1. The molecule has 1 unspecified atom stereocenters. The Balaban J connectivity index is 2.00. The van der Waals surface area contributed by atoms with E-state index in [4.69, 9.17) is 9.47 Å². The molecule has 4 nitrogen and oxygen atoms in total. The maximum absolute atomic E-state index is 13.2. The minimum atomic E-state index is -0.335. The fraction of sp³-hybridized carbons (Fsp3) is 0.312. The molecule has 1 aromatic carbocycles. The monoisotopic (exact) mass is 290 g/mol. The molecule has 2 aromatic rings. The van der Waals surface area contributed by atoms with Crippen LogP contribution in [-0.4, -0.2) is 25.3 Å². The summed E-state index contributed by atoms with van der Waals surface area (Å²) in [6, 6.07) is 9.05. The predicted molar refractivity (Wildman–Crippen MR) is 80.0 cm³/mol. The molecule has 0 aliphatic carbocycles. The number of hydrogen-bond acceptors (Lipinski definition) is 4. The maximum atomic E-state index is 13.2. The minimum Gasteiger partial charge on any atom is -0.491 e. The molecule has 21 heavy (non-hydrogen) atoms. The molecule has 0 amide bonds. The van der Waals surface area contributed by atoms with Gasteiger partial charge >= 0.3 is 0 Å². The van der Waals surface area contributed by atoms with Gasteiger partial charge in [0.15, 0.2) is 0 Å². The number of nitrogens with one attached hydrogen (secondary N) is 1. The first-order valence-corrected chi connectivity index (χ1v) is 6.78. The standard InChI is InChI=1S/C16H19FN2O2/c1-12(13-8-14(17)11-18-10-13)19-15-4-3-5-16(9-15)21-7-6-20-2/h3-5,8-12,19H,6-7H2,1-2H3. The molecule has 1 N–H and O–H groups in total. The van der Waals surface area contributed by atoms with Crippen molar-refractivity contribution in [3.63, 3.8) is 0 Å². The molecule has 0 fully saturated rings. The second-order valence-electron chi connectivity index (χ2n) is 4.67. The number of aromatic nitrogens is 1. The van der Waals surface area contributed by atoms with E-state index in [0.29, 0.717) is 13.2 Å². The van der Waals surface area contributed by atoms with Gasteiger partial charge in [-0.2, -0.15) is 0 Å². The third-order valence-corrected chi connectivity index (χ3v) is 3.00. The first kappa shape index (κ1) is 15.3. The van der Waals surface area contributed by atoms with E-state index in [-0.39, 0.29) is 11.9 Å². The number of rotatable bonds is 7. The topological polar surface area (TPSA) is 43.4 Å². The third-order valence-electron chi connectivity index (χ3n) is 3.00. The molecule has 112 valence electrons. The summed E-state index contributed by atoms with van der Waals surface area (Å²) in [5, 5.41) is 3.30.